The first-order valence-corrected chi connectivity index (χ1v) is 10.9. The molecule has 1 N–H and O–H groups in total. The van der Waals surface area contributed by atoms with Crippen LogP contribution in [0.25, 0.3) is 0 Å². The predicted molar refractivity (Wildman–Crippen MR) is 109 cm³/mol. The van der Waals surface area contributed by atoms with Crippen molar-refractivity contribution in [1.29, 1.82) is 0 Å². The Labute approximate surface area is 173 Å². The summed E-state index contributed by atoms with van der Waals surface area (Å²) in [6, 6.07) is 8.86. The number of halogens is 3. The van der Waals surface area contributed by atoms with Gasteiger partial charge in [-0.2, -0.15) is 0 Å². The molecule has 2 rings (SSSR count). The van der Waals surface area contributed by atoms with Crippen molar-refractivity contribution in [2.75, 3.05) is 15.9 Å². The van der Waals surface area contributed by atoms with Gasteiger partial charge in [0.15, 0.2) is 0 Å². The summed E-state index contributed by atoms with van der Waals surface area (Å²) in [5.74, 6) is -1.03. The van der Waals surface area contributed by atoms with Crippen LogP contribution in [0.1, 0.15) is 24.5 Å². The number of amides is 1. The van der Waals surface area contributed by atoms with Gasteiger partial charge in [-0.15, -0.1) is 13.2 Å². The molecule has 0 spiro atoms. The third kappa shape index (κ3) is 6.12. The number of nitrogens with one attached hydrogen (secondary N) is 1. The first-order valence-electron chi connectivity index (χ1n) is 9.05. The van der Waals surface area contributed by atoms with Gasteiger partial charge in [0.2, 0.25) is 15.9 Å². The average Bonchev–Trinajstić information content (AvgIpc) is 2.61. The van der Waals surface area contributed by atoms with E-state index in [2.05, 4.69) is 10.1 Å². The highest BCUT2D eigenvalue weighted by Gasteiger charge is 2.33. The molecule has 1 unspecified atom stereocenters. The maximum absolute atomic E-state index is 12.9. The van der Waals surface area contributed by atoms with Crippen LogP contribution < -0.4 is 14.4 Å². The van der Waals surface area contributed by atoms with Gasteiger partial charge in [0, 0.05) is 5.69 Å². The minimum atomic E-state index is -4.82. The summed E-state index contributed by atoms with van der Waals surface area (Å²) in [5, 5.41) is 2.56. The van der Waals surface area contributed by atoms with Gasteiger partial charge in [-0.25, -0.2) is 8.42 Å². The second-order valence-corrected chi connectivity index (χ2v) is 8.69. The Balaban J connectivity index is 2.31. The van der Waals surface area contributed by atoms with E-state index >= 15 is 0 Å². The van der Waals surface area contributed by atoms with Gasteiger partial charge < -0.3 is 10.1 Å². The van der Waals surface area contributed by atoms with Crippen LogP contribution in [0, 0.1) is 13.8 Å². The van der Waals surface area contributed by atoms with Crippen LogP contribution in [-0.2, 0) is 14.8 Å². The summed E-state index contributed by atoms with van der Waals surface area (Å²) in [4.78, 5) is 12.9. The fourth-order valence-corrected chi connectivity index (χ4v) is 4.22. The highest BCUT2D eigenvalue weighted by atomic mass is 32.2. The molecule has 0 saturated heterocycles. The van der Waals surface area contributed by atoms with Gasteiger partial charge in [-0.3, -0.25) is 9.10 Å². The number of hydrogen-bond acceptors (Lipinski definition) is 4. The quantitative estimate of drug-likeness (QED) is 0.688. The first-order chi connectivity index (χ1) is 13.8. The van der Waals surface area contributed by atoms with Gasteiger partial charge in [0.05, 0.1) is 11.9 Å². The Morgan fingerprint density at radius 2 is 1.73 bits per heavy atom. The van der Waals surface area contributed by atoms with E-state index in [1.165, 1.54) is 12.1 Å². The van der Waals surface area contributed by atoms with E-state index in [4.69, 9.17) is 0 Å². The van der Waals surface area contributed by atoms with Crippen LogP contribution in [0.5, 0.6) is 5.75 Å². The largest absolute Gasteiger partial charge is 0.573 e. The van der Waals surface area contributed by atoms with Gasteiger partial charge in [-0.05, 0) is 61.7 Å². The fourth-order valence-electron chi connectivity index (χ4n) is 2.96. The van der Waals surface area contributed by atoms with E-state index in [0.717, 1.165) is 28.3 Å². The van der Waals surface area contributed by atoms with Crippen molar-refractivity contribution in [1.82, 2.24) is 0 Å². The lowest BCUT2D eigenvalue weighted by Crippen LogP contribution is -2.47. The zero-order chi connectivity index (χ0) is 22.7. The Kier molecular flexibility index (Phi) is 7.02. The molecule has 164 valence electrons. The number of anilines is 2. The number of sulfonamides is 1. The van der Waals surface area contributed by atoms with Gasteiger partial charge in [0.25, 0.3) is 0 Å². The summed E-state index contributed by atoms with van der Waals surface area (Å²) in [7, 11) is -3.81. The number of carbonyl (C=O) groups excluding carboxylic acids is 1. The lowest BCUT2D eigenvalue weighted by molar-refractivity contribution is -0.274. The number of rotatable bonds is 7. The fraction of sp³-hybridized carbons (Fsp3) is 0.350. The monoisotopic (exact) mass is 444 g/mol. The SMILES string of the molecule is CCC(C(=O)Nc1ccc(OC(F)(F)F)cc1)N(c1cc(C)ccc1C)S(C)(=O)=O. The Hall–Kier alpha value is -2.75. The molecule has 0 aliphatic rings. The van der Waals surface area contributed by atoms with E-state index in [1.54, 1.807) is 26.0 Å². The third-order valence-corrected chi connectivity index (χ3v) is 5.45. The van der Waals surface area contributed by atoms with E-state index in [-0.39, 0.29) is 12.1 Å². The zero-order valence-electron chi connectivity index (χ0n) is 16.9. The Morgan fingerprint density at radius 1 is 1.13 bits per heavy atom. The lowest BCUT2D eigenvalue weighted by atomic mass is 10.1. The molecule has 2 aromatic rings. The summed E-state index contributed by atoms with van der Waals surface area (Å²) in [6.07, 6.45) is -3.62. The normalized spacial score (nSPS) is 12.9. The van der Waals surface area contributed by atoms with Crippen LogP contribution in [0.15, 0.2) is 42.5 Å². The Bertz CT molecular complexity index is 1010. The molecule has 0 aliphatic carbocycles. The van der Waals surface area contributed by atoms with E-state index in [9.17, 15) is 26.4 Å². The van der Waals surface area contributed by atoms with E-state index in [0.29, 0.717) is 11.3 Å². The molecule has 0 aromatic heterocycles. The second-order valence-electron chi connectivity index (χ2n) is 6.83. The molecule has 0 bridgehead atoms. The molecule has 30 heavy (non-hydrogen) atoms. The summed E-state index contributed by atoms with van der Waals surface area (Å²) in [6.45, 7) is 5.24. The molecule has 0 aliphatic heterocycles. The van der Waals surface area contributed by atoms with Crippen LogP contribution in [0.2, 0.25) is 0 Å². The van der Waals surface area contributed by atoms with Crippen molar-refractivity contribution in [2.45, 2.75) is 39.6 Å². The number of aryl methyl sites for hydroxylation is 2. The maximum Gasteiger partial charge on any atom is 0.573 e. The van der Waals surface area contributed by atoms with Gasteiger partial charge in [-0.1, -0.05) is 19.1 Å². The minimum Gasteiger partial charge on any atom is -0.406 e. The number of ether oxygens (including phenoxy) is 1. The number of nitrogens with zero attached hydrogens (tertiary/aromatic N) is 1. The highest BCUT2D eigenvalue weighted by Crippen LogP contribution is 2.28. The van der Waals surface area contributed by atoms with Crippen molar-refractivity contribution in [3.8, 4) is 5.75 Å². The number of hydrogen-bond donors (Lipinski definition) is 1. The topological polar surface area (TPSA) is 75.7 Å². The number of carbonyl (C=O) groups is 1. The van der Waals surface area contributed by atoms with Crippen molar-refractivity contribution >= 4 is 27.3 Å². The van der Waals surface area contributed by atoms with Crippen molar-refractivity contribution < 1.29 is 31.1 Å². The molecular formula is C20H23F3N2O4S. The van der Waals surface area contributed by atoms with Gasteiger partial charge >= 0.3 is 6.36 Å². The molecule has 0 radical (unpaired) electrons. The molecule has 1 atom stereocenters. The summed E-state index contributed by atoms with van der Waals surface area (Å²) in [5.41, 5.74) is 2.13. The first kappa shape index (κ1) is 23.5. The van der Waals surface area contributed by atoms with Gasteiger partial charge in [0.1, 0.15) is 11.8 Å². The molecule has 6 nitrogen and oxygen atoms in total. The van der Waals surface area contributed by atoms with Crippen molar-refractivity contribution in [2.24, 2.45) is 0 Å². The third-order valence-electron chi connectivity index (χ3n) is 4.29. The van der Waals surface area contributed by atoms with Crippen LogP contribution in [0.4, 0.5) is 24.5 Å². The van der Waals surface area contributed by atoms with Crippen molar-refractivity contribution in [3.05, 3.63) is 53.6 Å². The van der Waals surface area contributed by atoms with E-state index in [1.807, 2.05) is 13.0 Å². The smallest absolute Gasteiger partial charge is 0.406 e. The standard InChI is InChI=1S/C20H23F3N2O4S/c1-5-17(25(30(4,27)28)18-12-13(2)6-7-14(18)3)19(26)24-15-8-10-16(11-9-15)29-20(21,22)23/h6-12,17H,5H2,1-4H3,(H,24,26). The number of alkyl halides is 3. The molecule has 0 heterocycles. The molecule has 2 aromatic carbocycles. The molecule has 0 saturated carbocycles. The summed E-state index contributed by atoms with van der Waals surface area (Å²) < 4.78 is 66.8. The predicted octanol–water partition coefficient (Wildman–Crippen LogP) is 4.39. The second kappa shape index (κ2) is 8.95. The van der Waals surface area contributed by atoms with E-state index < -0.39 is 34.1 Å². The molecule has 0 fully saturated rings. The van der Waals surface area contributed by atoms with Crippen LogP contribution in [0.3, 0.4) is 0 Å². The zero-order valence-corrected chi connectivity index (χ0v) is 17.8. The Morgan fingerprint density at radius 3 is 2.23 bits per heavy atom. The maximum atomic E-state index is 12.9. The summed E-state index contributed by atoms with van der Waals surface area (Å²) >= 11 is 0. The number of benzene rings is 2. The van der Waals surface area contributed by atoms with Crippen LogP contribution in [-0.4, -0.2) is 33.0 Å². The average molecular weight is 444 g/mol. The van der Waals surface area contributed by atoms with Crippen LogP contribution >= 0.6 is 0 Å². The minimum absolute atomic E-state index is 0.182. The molecular weight excluding hydrogens is 421 g/mol. The van der Waals surface area contributed by atoms with Crippen molar-refractivity contribution in [3.63, 3.8) is 0 Å². The molecule has 1 amide bonds. The molecule has 10 heteroatoms. The highest BCUT2D eigenvalue weighted by molar-refractivity contribution is 7.92. The lowest BCUT2D eigenvalue weighted by Gasteiger charge is -2.31.